The topological polar surface area (TPSA) is 67.4 Å². The minimum absolute atomic E-state index is 0.178. The number of piperidine rings is 1. The van der Waals surface area contributed by atoms with Gasteiger partial charge < -0.3 is 15.4 Å². The summed E-state index contributed by atoms with van der Waals surface area (Å²) in [5.74, 6) is -0.389. The number of rotatable bonds is 6. The maximum atomic E-state index is 13.0. The second-order valence-electron chi connectivity index (χ2n) is 6.57. The number of benzene rings is 2. The van der Waals surface area contributed by atoms with Gasteiger partial charge >= 0.3 is 5.97 Å². The SMILES string of the molecule is O=C(NC(C(=O)O[C@H]1CNCCC1CI)c1ccccc1)c1ccccc1. The third-order valence-corrected chi connectivity index (χ3v) is 5.84. The van der Waals surface area contributed by atoms with Crippen molar-refractivity contribution < 1.29 is 14.3 Å². The first-order valence-electron chi connectivity index (χ1n) is 9.07. The Hall–Kier alpha value is -1.93. The average molecular weight is 478 g/mol. The Labute approximate surface area is 173 Å². The van der Waals surface area contributed by atoms with Crippen molar-refractivity contribution in [3.05, 3.63) is 71.8 Å². The molecule has 0 aliphatic carbocycles. The van der Waals surface area contributed by atoms with Crippen LogP contribution in [-0.4, -0.2) is 35.5 Å². The predicted octanol–water partition coefficient (Wildman–Crippen LogP) is 3.11. The van der Waals surface area contributed by atoms with Crippen LogP contribution in [0.4, 0.5) is 0 Å². The van der Waals surface area contributed by atoms with E-state index in [9.17, 15) is 9.59 Å². The van der Waals surface area contributed by atoms with Gasteiger partial charge in [-0.1, -0.05) is 71.1 Å². The van der Waals surface area contributed by atoms with Crippen molar-refractivity contribution in [3.8, 4) is 0 Å². The van der Waals surface area contributed by atoms with Crippen molar-refractivity contribution in [2.24, 2.45) is 5.92 Å². The average Bonchev–Trinajstić information content (AvgIpc) is 2.73. The Morgan fingerprint density at radius 3 is 2.44 bits per heavy atom. The fourth-order valence-electron chi connectivity index (χ4n) is 3.14. The van der Waals surface area contributed by atoms with Crippen molar-refractivity contribution in [1.29, 1.82) is 0 Å². The minimum atomic E-state index is -0.837. The lowest BCUT2D eigenvalue weighted by molar-refractivity contribution is -0.154. The van der Waals surface area contributed by atoms with Crippen LogP contribution in [0.3, 0.4) is 0 Å². The van der Waals surface area contributed by atoms with Crippen molar-refractivity contribution in [3.63, 3.8) is 0 Å². The maximum absolute atomic E-state index is 13.0. The standard InChI is InChI=1S/C21H23IN2O3/c22-13-17-11-12-23-14-18(17)27-21(26)19(15-7-3-1-4-8-15)24-20(25)16-9-5-2-6-10-16/h1-10,17-19,23H,11-14H2,(H,24,25)/t17?,18-,19?/m0/s1. The summed E-state index contributed by atoms with van der Waals surface area (Å²) in [6.07, 6.45) is 0.802. The Bertz CT molecular complexity index is 755. The number of carbonyl (C=O) groups is 2. The quantitative estimate of drug-likeness (QED) is 0.381. The third kappa shape index (κ3) is 5.29. The number of hydrogen-bond acceptors (Lipinski definition) is 4. The first-order chi connectivity index (χ1) is 13.2. The number of alkyl halides is 1. The Balaban J connectivity index is 1.77. The van der Waals surface area contributed by atoms with Gasteiger partial charge in [-0.3, -0.25) is 4.79 Å². The zero-order valence-corrected chi connectivity index (χ0v) is 17.1. The molecule has 1 heterocycles. The first-order valence-corrected chi connectivity index (χ1v) is 10.6. The summed E-state index contributed by atoms with van der Waals surface area (Å²) in [7, 11) is 0. The van der Waals surface area contributed by atoms with E-state index in [1.54, 1.807) is 24.3 Å². The number of ether oxygens (including phenoxy) is 1. The van der Waals surface area contributed by atoms with E-state index >= 15 is 0 Å². The normalized spacial score (nSPS) is 20.5. The first kappa shape index (κ1) is 19.8. The fraction of sp³-hybridized carbons (Fsp3) is 0.333. The molecule has 1 aliphatic heterocycles. The molecule has 142 valence electrons. The number of esters is 1. The molecule has 2 aromatic rings. The highest BCUT2D eigenvalue weighted by atomic mass is 127. The Morgan fingerprint density at radius 2 is 1.78 bits per heavy atom. The van der Waals surface area contributed by atoms with E-state index in [1.165, 1.54) is 0 Å². The molecule has 0 spiro atoms. The molecular formula is C21H23IN2O3. The number of halogens is 1. The van der Waals surface area contributed by atoms with Gasteiger partial charge in [0.2, 0.25) is 0 Å². The lowest BCUT2D eigenvalue weighted by Crippen LogP contribution is -2.46. The van der Waals surface area contributed by atoms with Crippen LogP contribution in [0.25, 0.3) is 0 Å². The molecule has 0 aromatic heterocycles. The minimum Gasteiger partial charge on any atom is -0.459 e. The van der Waals surface area contributed by atoms with E-state index in [-0.39, 0.29) is 12.0 Å². The molecule has 1 aliphatic rings. The molecule has 1 saturated heterocycles. The summed E-state index contributed by atoms with van der Waals surface area (Å²) in [6, 6.07) is 17.3. The van der Waals surface area contributed by atoms with Crippen LogP contribution in [0.15, 0.2) is 60.7 Å². The van der Waals surface area contributed by atoms with Gasteiger partial charge in [-0.2, -0.15) is 0 Å². The number of nitrogens with one attached hydrogen (secondary N) is 2. The van der Waals surface area contributed by atoms with Crippen LogP contribution in [-0.2, 0) is 9.53 Å². The van der Waals surface area contributed by atoms with Gasteiger partial charge in [0, 0.05) is 22.5 Å². The Morgan fingerprint density at radius 1 is 1.11 bits per heavy atom. The van der Waals surface area contributed by atoms with E-state index in [4.69, 9.17) is 4.74 Å². The molecule has 3 atom stereocenters. The van der Waals surface area contributed by atoms with Crippen LogP contribution >= 0.6 is 22.6 Å². The number of amides is 1. The lowest BCUT2D eigenvalue weighted by atomic mass is 9.97. The lowest BCUT2D eigenvalue weighted by Gasteiger charge is -2.32. The van der Waals surface area contributed by atoms with Crippen molar-refractivity contribution in [1.82, 2.24) is 10.6 Å². The summed E-state index contributed by atoms with van der Waals surface area (Å²) >= 11 is 2.34. The molecule has 2 unspecified atom stereocenters. The highest BCUT2D eigenvalue weighted by Gasteiger charge is 2.32. The second-order valence-corrected chi connectivity index (χ2v) is 7.45. The fourth-order valence-corrected chi connectivity index (χ4v) is 4.15. The second kappa shape index (κ2) is 9.85. The van der Waals surface area contributed by atoms with Crippen molar-refractivity contribution in [2.75, 3.05) is 17.5 Å². The highest BCUT2D eigenvalue weighted by molar-refractivity contribution is 14.1. The van der Waals surface area contributed by atoms with Crippen molar-refractivity contribution in [2.45, 2.75) is 18.6 Å². The summed E-state index contributed by atoms with van der Waals surface area (Å²) in [4.78, 5) is 25.6. The van der Waals surface area contributed by atoms with Gasteiger partial charge in [-0.15, -0.1) is 0 Å². The largest absolute Gasteiger partial charge is 0.459 e. The molecule has 5 nitrogen and oxygen atoms in total. The van der Waals surface area contributed by atoms with E-state index in [2.05, 4.69) is 33.2 Å². The van der Waals surface area contributed by atoms with Gasteiger partial charge in [-0.25, -0.2) is 4.79 Å². The van der Waals surface area contributed by atoms with Crippen LogP contribution in [0.5, 0.6) is 0 Å². The molecule has 1 fully saturated rings. The molecule has 0 radical (unpaired) electrons. The number of hydrogen-bond donors (Lipinski definition) is 2. The van der Waals surface area contributed by atoms with E-state index < -0.39 is 12.0 Å². The van der Waals surface area contributed by atoms with Crippen LogP contribution in [0.2, 0.25) is 0 Å². The summed E-state index contributed by atoms with van der Waals surface area (Å²) in [6.45, 7) is 1.59. The third-order valence-electron chi connectivity index (χ3n) is 4.71. The van der Waals surface area contributed by atoms with Gasteiger partial charge in [0.05, 0.1) is 0 Å². The molecule has 1 amide bonds. The van der Waals surface area contributed by atoms with Gasteiger partial charge in [0.25, 0.3) is 5.91 Å². The highest BCUT2D eigenvalue weighted by Crippen LogP contribution is 2.22. The molecule has 2 N–H and O–H groups in total. The van der Waals surface area contributed by atoms with Gasteiger partial charge in [0.1, 0.15) is 6.10 Å². The summed E-state index contributed by atoms with van der Waals surface area (Å²) in [5, 5.41) is 6.12. The van der Waals surface area contributed by atoms with E-state index in [0.717, 1.165) is 17.4 Å². The summed E-state index contributed by atoms with van der Waals surface area (Å²) < 4.78 is 6.76. The van der Waals surface area contributed by atoms with Gasteiger partial charge in [0.15, 0.2) is 6.04 Å². The molecule has 6 heteroatoms. The Kier molecular flexibility index (Phi) is 7.23. The molecular weight excluding hydrogens is 455 g/mol. The van der Waals surface area contributed by atoms with Crippen molar-refractivity contribution >= 4 is 34.5 Å². The monoisotopic (exact) mass is 478 g/mol. The molecule has 0 bridgehead atoms. The molecule has 3 rings (SSSR count). The zero-order valence-electron chi connectivity index (χ0n) is 14.9. The maximum Gasteiger partial charge on any atom is 0.333 e. The van der Waals surface area contributed by atoms with Crippen LogP contribution in [0.1, 0.15) is 28.4 Å². The molecule has 2 aromatic carbocycles. The molecule has 0 saturated carbocycles. The van der Waals surface area contributed by atoms with E-state index in [0.29, 0.717) is 23.6 Å². The number of carbonyl (C=O) groups excluding carboxylic acids is 2. The van der Waals surface area contributed by atoms with Gasteiger partial charge in [-0.05, 0) is 30.7 Å². The summed E-state index contributed by atoms with van der Waals surface area (Å²) in [5.41, 5.74) is 1.22. The zero-order chi connectivity index (χ0) is 19.1. The predicted molar refractivity (Wildman–Crippen MR) is 113 cm³/mol. The van der Waals surface area contributed by atoms with E-state index in [1.807, 2.05) is 36.4 Å². The molecule has 27 heavy (non-hydrogen) atoms. The van der Waals surface area contributed by atoms with Crippen LogP contribution in [0, 0.1) is 5.92 Å². The van der Waals surface area contributed by atoms with Crippen LogP contribution < -0.4 is 10.6 Å². The smallest absolute Gasteiger partial charge is 0.333 e.